The van der Waals surface area contributed by atoms with Gasteiger partial charge in [-0.05, 0) is 30.3 Å². The fourth-order valence-electron chi connectivity index (χ4n) is 3.61. The molecule has 34 heavy (non-hydrogen) atoms. The number of para-hydroxylation sites is 1. The van der Waals surface area contributed by atoms with Gasteiger partial charge in [0.15, 0.2) is 5.65 Å². The Morgan fingerprint density at radius 2 is 2.03 bits per heavy atom. The summed E-state index contributed by atoms with van der Waals surface area (Å²) in [4.78, 5) is 22.7. The van der Waals surface area contributed by atoms with E-state index in [9.17, 15) is 14.4 Å². The molecule has 1 amide bonds. The lowest BCUT2D eigenvalue weighted by Gasteiger charge is -2.22. The first-order valence-electron chi connectivity index (χ1n) is 10.3. The largest absolute Gasteiger partial charge is 0.386 e. The third-order valence-electron chi connectivity index (χ3n) is 5.31. The molecule has 0 spiro atoms. The molecule has 0 saturated carbocycles. The fraction of sp³-hybridized carbons (Fsp3) is 0.125. The molecule has 0 saturated heterocycles. The second-order valence-corrected chi connectivity index (χ2v) is 7.36. The first-order valence-corrected chi connectivity index (χ1v) is 10.3. The number of nitrogen functional groups attached to an aromatic ring is 1. The molecular formula is C24H21FN8O. The predicted molar refractivity (Wildman–Crippen MR) is 128 cm³/mol. The Hall–Kier alpha value is -4.78. The first kappa shape index (κ1) is 22.4. The van der Waals surface area contributed by atoms with Gasteiger partial charge in [-0.15, -0.1) is 0 Å². The Kier molecular flexibility index (Phi) is 6.18. The molecule has 0 unspecified atom stereocenters. The van der Waals surface area contributed by atoms with Crippen LogP contribution in [0.2, 0.25) is 0 Å². The number of rotatable bonds is 7. The Labute approximate surface area is 195 Å². The van der Waals surface area contributed by atoms with Gasteiger partial charge in [0.1, 0.15) is 35.3 Å². The van der Waals surface area contributed by atoms with Crippen molar-refractivity contribution in [1.82, 2.24) is 19.7 Å². The van der Waals surface area contributed by atoms with Gasteiger partial charge in [-0.2, -0.15) is 10.4 Å². The molecule has 2 aromatic heterocycles. The van der Waals surface area contributed by atoms with Crippen LogP contribution in [0.4, 0.5) is 21.6 Å². The molecule has 0 aliphatic carbocycles. The van der Waals surface area contributed by atoms with Crippen molar-refractivity contribution in [2.45, 2.75) is 6.54 Å². The minimum Gasteiger partial charge on any atom is -0.386 e. The zero-order chi connectivity index (χ0) is 24.2. The molecule has 2 heterocycles. The van der Waals surface area contributed by atoms with Gasteiger partial charge in [0, 0.05) is 24.8 Å². The molecule has 0 fully saturated rings. The number of carbonyl (C=O) groups excluding carboxylic acids is 1. The lowest BCUT2D eigenvalue weighted by Crippen LogP contribution is -2.34. The number of amides is 1. The number of anilines is 3. The lowest BCUT2D eigenvalue weighted by atomic mass is 10.1. The molecule has 4 rings (SSSR count). The number of aromatic nitrogens is 4. The van der Waals surface area contributed by atoms with Crippen molar-refractivity contribution >= 4 is 34.1 Å². The van der Waals surface area contributed by atoms with Crippen LogP contribution in [-0.4, -0.2) is 39.2 Å². The number of hydrogen-bond acceptors (Lipinski definition) is 7. The number of halogens is 1. The monoisotopic (exact) mass is 456 g/mol. The van der Waals surface area contributed by atoms with E-state index in [1.807, 2.05) is 12.1 Å². The molecule has 0 bridgehead atoms. The van der Waals surface area contributed by atoms with Crippen LogP contribution in [0, 0.1) is 17.1 Å². The van der Waals surface area contributed by atoms with Gasteiger partial charge < -0.3 is 16.0 Å². The standard InChI is InChI=1S/C24H21FN8O/c1-15(13-26)24(34)32(17-6-4-3-5-7-17)10-11-33-23-20(22(27)29-14-30-23)21(31-33)16-8-9-18(25)19(12-16)28-2/h3-9,12,14,28H,1,10-11H2,2H3,(H2,27,29,30). The van der Waals surface area contributed by atoms with Crippen LogP contribution >= 0.6 is 0 Å². The zero-order valence-electron chi connectivity index (χ0n) is 18.4. The van der Waals surface area contributed by atoms with Gasteiger partial charge in [-0.3, -0.25) is 4.79 Å². The molecule has 10 heteroatoms. The quantitative estimate of drug-likeness (QED) is 0.323. The summed E-state index contributed by atoms with van der Waals surface area (Å²) in [6.45, 7) is 3.99. The fourth-order valence-corrected chi connectivity index (χ4v) is 3.61. The van der Waals surface area contributed by atoms with Gasteiger partial charge in [-0.1, -0.05) is 24.8 Å². The van der Waals surface area contributed by atoms with E-state index < -0.39 is 11.7 Å². The molecule has 9 nitrogen and oxygen atoms in total. The van der Waals surface area contributed by atoms with Crippen LogP contribution in [-0.2, 0) is 11.3 Å². The highest BCUT2D eigenvalue weighted by atomic mass is 19.1. The molecule has 0 radical (unpaired) electrons. The number of nitriles is 1. The number of fused-ring (bicyclic) bond motifs is 1. The van der Waals surface area contributed by atoms with E-state index in [2.05, 4.69) is 27.0 Å². The Morgan fingerprint density at radius 3 is 2.74 bits per heavy atom. The van der Waals surface area contributed by atoms with Crippen molar-refractivity contribution in [3.63, 3.8) is 0 Å². The molecule has 0 aliphatic rings. The number of carbonyl (C=O) groups is 1. The highest BCUT2D eigenvalue weighted by Crippen LogP contribution is 2.32. The molecule has 170 valence electrons. The van der Waals surface area contributed by atoms with Crippen LogP contribution in [0.1, 0.15) is 0 Å². The van der Waals surface area contributed by atoms with Crippen LogP contribution in [0.15, 0.2) is 67.0 Å². The summed E-state index contributed by atoms with van der Waals surface area (Å²) in [5, 5.41) is 17.2. The van der Waals surface area contributed by atoms with E-state index >= 15 is 0 Å². The van der Waals surface area contributed by atoms with E-state index in [1.54, 1.807) is 48.1 Å². The molecule has 3 N–H and O–H groups in total. The van der Waals surface area contributed by atoms with Crippen molar-refractivity contribution in [3.8, 4) is 17.3 Å². The van der Waals surface area contributed by atoms with E-state index in [4.69, 9.17) is 5.73 Å². The maximum atomic E-state index is 14.0. The maximum absolute atomic E-state index is 14.0. The smallest absolute Gasteiger partial charge is 0.268 e. The second-order valence-electron chi connectivity index (χ2n) is 7.36. The van der Waals surface area contributed by atoms with Crippen LogP contribution in [0.5, 0.6) is 0 Å². The topological polar surface area (TPSA) is 126 Å². The van der Waals surface area contributed by atoms with E-state index in [1.165, 1.54) is 17.3 Å². The van der Waals surface area contributed by atoms with Crippen molar-refractivity contribution < 1.29 is 9.18 Å². The second kappa shape index (κ2) is 9.38. The van der Waals surface area contributed by atoms with Gasteiger partial charge in [0.2, 0.25) is 0 Å². The number of hydrogen-bond donors (Lipinski definition) is 2. The highest BCUT2D eigenvalue weighted by molar-refractivity contribution is 6.07. The van der Waals surface area contributed by atoms with Crippen molar-refractivity contribution in [2.24, 2.45) is 0 Å². The highest BCUT2D eigenvalue weighted by Gasteiger charge is 2.22. The molecular weight excluding hydrogens is 435 g/mol. The van der Waals surface area contributed by atoms with Crippen molar-refractivity contribution in [3.05, 3.63) is 72.8 Å². The van der Waals surface area contributed by atoms with Gasteiger partial charge in [0.25, 0.3) is 5.91 Å². The molecule has 0 aliphatic heterocycles. The Balaban J connectivity index is 1.75. The number of nitrogens with two attached hydrogens (primary N) is 1. The number of nitrogens with one attached hydrogen (secondary N) is 1. The van der Waals surface area contributed by atoms with Gasteiger partial charge >= 0.3 is 0 Å². The van der Waals surface area contributed by atoms with Crippen LogP contribution in [0.3, 0.4) is 0 Å². The van der Waals surface area contributed by atoms with E-state index in [0.717, 1.165) is 0 Å². The Bertz CT molecular complexity index is 1420. The predicted octanol–water partition coefficient (Wildman–Crippen LogP) is 3.37. The summed E-state index contributed by atoms with van der Waals surface area (Å²) in [7, 11) is 1.63. The summed E-state index contributed by atoms with van der Waals surface area (Å²) in [5.41, 5.74) is 8.50. The normalized spacial score (nSPS) is 10.6. The van der Waals surface area contributed by atoms with Crippen molar-refractivity contribution in [1.29, 1.82) is 5.26 Å². The minimum atomic E-state index is -0.503. The van der Waals surface area contributed by atoms with E-state index in [0.29, 0.717) is 33.7 Å². The van der Waals surface area contributed by atoms with Crippen LogP contribution in [0.25, 0.3) is 22.3 Å². The number of benzene rings is 2. The third-order valence-corrected chi connectivity index (χ3v) is 5.31. The van der Waals surface area contributed by atoms with Crippen molar-refractivity contribution in [2.75, 3.05) is 29.5 Å². The summed E-state index contributed by atoms with van der Waals surface area (Å²) >= 11 is 0. The maximum Gasteiger partial charge on any atom is 0.268 e. The van der Waals surface area contributed by atoms with E-state index in [-0.39, 0.29) is 24.5 Å². The minimum absolute atomic E-state index is 0.174. The molecule has 0 atom stereocenters. The summed E-state index contributed by atoms with van der Waals surface area (Å²) in [5.74, 6) is -0.666. The zero-order valence-corrected chi connectivity index (χ0v) is 18.4. The van der Waals surface area contributed by atoms with Crippen LogP contribution < -0.4 is 16.0 Å². The van der Waals surface area contributed by atoms with Gasteiger partial charge in [0.05, 0.1) is 17.6 Å². The lowest BCUT2D eigenvalue weighted by molar-refractivity contribution is -0.114. The average molecular weight is 456 g/mol. The Morgan fingerprint density at radius 1 is 1.26 bits per heavy atom. The molecule has 2 aromatic carbocycles. The SMILES string of the molecule is C=C(C#N)C(=O)N(CCn1nc(-c2ccc(F)c(NC)c2)c2c(N)ncnc21)c1ccccc1. The molecule has 4 aromatic rings. The number of nitrogens with zero attached hydrogens (tertiary/aromatic N) is 6. The summed E-state index contributed by atoms with van der Waals surface area (Å²) < 4.78 is 15.6. The average Bonchev–Trinajstić information content (AvgIpc) is 3.24. The summed E-state index contributed by atoms with van der Waals surface area (Å²) in [6, 6.07) is 15.4. The summed E-state index contributed by atoms with van der Waals surface area (Å²) in [6.07, 6.45) is 1.33. The third kappa shape index (κ3) is 4.14. The first-order chi connectivity index (χ1) is 16.4. The van der Waals surface area contributed by atoms with Gasteiger partial charge in [-0.25, -0.2) is 19.0 Å².